The zero-order valence-corrected chi connectivity index (χ0v) is 18.0. The highest BCUT2D eigenvalue weighted by Gasteiger charge is 2.14. The summed E-state index contributed by atoms with van der Waals surface area (Å²) in [6.45, 7) is 13.9. The lowest BCUT2D eigenvalue weighted by Crippen LogP contribution is -2.22. The molecule has 2 aromatic heterocycles. The molecule has 0 aliphatic rings. The SMILES string of the molecule is CC(C)CNc1ccnc2c1c(I)cn2COCC[Si](C)(C)C. The average molecular weight is 445 g/mol. The van der Waals surface area contributed by atoms with Gasteiger partial charge in [-0.3, -0.25) is 0 Å². The van der Waals surface area contributed by atoms with Gasteiger partial charge in [0, 0.05) is 42.9 Å². The molecule has 128 valence electrons. The van der Waals surface area contributed by atoms with E-state index in [0.29, 0.717) is 12.6 Å². The van der Waals surface area contributed by atoms with E-state index in [4.69, 9.17) is 4.74 Å². The first-order chi connectivity index (χ1) is 10.8. The van der Waals surface area contributed by atoms with Gasteiger partial charge in [0.25, 0.3) is 0 Å². The van der Waals surface area contributed by atoms with Gasteiger partial charge in [-0.1, -0.05) is 33.5 Å². The molecule has 0 saturated carbocycles. The minimum Gasteiger partial charge on any atom is -0.384 e. The van der Waals surface area contributed by atoms with E-state index in [9.17, 15) is 0 Å². The van der Waals surface area contributed by atoms with Crippen molar-refractivity contribution in [1.82, 2.24) is 9.55 Å². The van der Waals surface area contributed by atoms with E-state index in [-0.39, 0.29) is 0 Å². The normalized spacial score (nSPS) is 12.3. The fraction of sp³-hybridized carbons (Fsp3) is 0.588. The van der Waals surface area contributed by atoms with Crippen LogP contribution in [0.1, 0.15) is 13.8 Å². The molecule has 4 nitrogen and oxygen atoms in total. The largest absolute Gasteiger partial charge is 0.384 e. The van der Waals surface area contributed by atoms with E-state index in [1.54, 1.807) is 0 Å². The molecule has 6 heteroatoms. The Morgan fingerprint density at radius 2 is 2.09 bits per heavy atom. The Balaban J connectivity index is 2.11. The molecular weight excluding hydrogens is 417 g/mol. The molecule has 0 amide bonds. The van der Waals surface area contributed by atoms with Crippen LogP contribution in [0.3, 0.4) is 0 Å². The van der Waals surface area contributed by atoms with Crippen molar-refractivity contribution in [2.45, 2.75) is 46.3 Å². The lowest BCUT2D eigenvalue weighted by molar-refractivity contribution is 0.0898. The highest BCUT2D eigenvalue weighted by Crippen LogP contribution is 2.28. The van der Waals surface area contributed by atoms with Crippen LogP contribution in [-0.4, -0.2) is 30.8 Å². The predicted octanol–water partition coefficient (Wildman–Crippen LogP) is 5.02. The van der Waals surface area contributed by atoms with E-state index >= 15 is 0 Å². The quantitative estimate of drug-likeness (QED) is 0.352. The molecule has 0 spiro atoms. The fourth-order valence-corrected chi connectivity index (χ4v) is 3.89. The maximum absolute atomic E-state index is 5.89. The Hall–Kier alpha value is -0.603. The Morgan fingerprint density at radius 3 is 2.74 bits per heavy atom. The Bertz CT molecular complexity index is 649. The topological polar surface area (TPSA) is 39.1 Å². The molecule has 0 unspecified atom stereocenters. The zero-order valence-electron chi connectivity index (χ0n) is 14.8. The molecule has 0 bridgehead atoms. The smallest absolute Gasteiger partial charge is 0.144 e. The van der Waals surface area contributed by atoms with Gasteiger partial charge in [-0.15, -0.1) is 0 Å². The van der Waals surface area contributed by atoms with Crippen LogP contribution in [0.4, 0.5) is 5.69 Å². The van der Waals surface area contributed by atoms with Gasteiger partial charge in [0.15, 0.2) is 0 Å². The van der Waals surface area contributed by atoms with Crippen molar-refractivity contribution in [3.8, 4) is 0 Å². The number of hydrogen-bond acceptors (Lipinski definition) is 3. The Labute approximate surface area is 154 Å². The van der Waals surface area contributed by atoms with Gasteiger partial charge in [-0.25, -0.2) is 4.98 Å². The van der Waals surface area contributed by atoms with Crippen molar-refractivity contribution in [2.75, 3.05) is 18.5 Å². The van der Waals surface area contributed by atoms with Crippen molar-refractivity contribution in [2.24, 2.45) is 5.92 Å². The zero-order chi connectivity index (χ0) is 17.0. The third-order valence-electron chi connectivity index (χ3n) is 3.64. The molecule has 0 aliphatic heterocycles. The molecule has 0 saturated heterocycles. The molecular formula is C17H28IN3OSi. The monoisotopic (exact) mass is 445 g/mol. The van der Waals surface area contributed by atoms with Gasteiger partial charge >= 0.3 is 0 Å². The molecule has 0 radical (unpaired) electrons. The number of ether oxygens (including phenoxy) is 1. The molecule has 2 heterocycles. The minimum atomic E-state index is -1.04. The number of pyridine rings is 1. The average Bonchev–Trinajstić information content (AvgIpc) is 2.78. The van der Waals surface area contributed by atoms with Crippen LogP contribution in [-0.2, 0) is 11.5 Å². The summed E-state index contributed by atoms with van der Waals surface area (Å²) >= 11 is 2.39. The number of nitrogens with zero attached hydrogens (tertiary/aromatic N) is 2. The first-order valence-corrected chi connectivity index (χ1v) is 13.0. The lowest BCUT2D eigenvalue weighted by atomic mass is 10.2. The van der Waals surface area contributed by atoms with Gasteiger partial charge in [-0.2, -0.15) is 0 Å². The van der Waals surface area contributed by atoms with Crippen LogP contribution >= 0.6 is 22.6 Å². The summed E-state index contributed by atoms with van der Waals surface area (Å²) in [6, 6.07) is 3.25. The summed E-state index contributed by atoms with van der Waals surface area (Å²) < 4.78 is 9.22. The number of rotatable bonds is 8. The highest BCUT2D eigenvalue weighted by atomic mass is 127. The van der Waals surface area contributed by atoms with Crippen molar-refractivity contribution in [1.29, 1.82) is 0 Å². The number of halogens is 1. The summed E-state index contributed by atoms with van der Waals surface area (Å²) in [5, 5.41) is 4.73. The summed E-state index contributed by atoms with van der Waals surface area (Å²) in [7, 11) is -1.04. The van der Waals surface area contributed by atoms with Gasteiger partial charge in [0.2, 0.25) is 0 Å². The van der Waals surface area contributed by atoms with Gasteiger partial charge in [0.05, 0.1) is 5.39 Å². The van der Waals surface area contributed by atoms with Crippen molar-refractivity contribution in [3.63, 3.8) is 0 Å². The van der Waals surface area contributed by atoms with Crippen molar-refractivity contribution < 1.29 is 4.74 Å². The standard InChI is InChI=1S/C17H28IN3OSi/c1-13(2)10-20-15-6-7-19-17-16(15)14(18)11-21(17)12-22-8-9-23(3,4)5/h6-7,11,13H,8-10,12H2,1-5H3,(H,19,20). The van der Waals surface area contributed by atoms with E-state index in [1.807, 2.05) is 6.20 Å². The summed E-state index contributed by atoms with van der Waals surface area (Å²) in [5.41, 5.74) is 2.16. The Morgan fingerprint density at radius 1 is 1.35 bits per heavy atom. The first kappa shape index (κ1) is 18.7. The summed E-state index contributed by atoms with van der Waals surface area (Å²) in [5.74, 6) is 0.614. The molecule has 0 fully saturated rings. The second-order valence-electron chi connectivity index (χ2n) is 7.63. The van der Waals surface area contributed by atoms with Crippen LogP contribution in [0, 0.1) is 9.49 Å². The highest BCUT2D eigenvalue weighted by molar-refractivity contribution is 14.1. The van der Waals surface area contributed by atoms with Gasteiger partial charge in [-0.05, 0) is 40.6 Å². The van der Waals surface area contributed by atoms with E-state index in [2.05, 4.69) is 83.2 Å². The summed E-state index contributed by atoms with van der Waals surface area (Å²) in [6.07, 6.45) is 4.01. The van der Waals surface area contributed by atoms with Crippen LogP contribution in [0.2, 0.25) is 25.7 Å². The predicted molar refractivity (Wildman–Crippen MR) is 110 cm³/mol. The van der Waals surface area contributed by atoms with Crippen molar-refractivity contribution in [3.05, 3.63) is 22.0 Å². The molecule has 0 atom stereocenters. The van der Waals surface area contributed by atoms with Gasteiger partial charge in [0.1, 0.15) is 12.4 Å². The maximum Gasteiger partial charge on any atom is 0.144 e. The van der Waals surface area contributed by atoms with E-state index in [0.717, 1.165) is 24.5 Å². The number of hydrogen-bond donors (Lipinski definition) is 1. The number of nitrogens with one attached hydrogen (secondary N) is 1. The number of anilines is 1. The van der Waals surface area contributed by atoms with Crippen LogP contribution in [0.25, 0.3) is 11.0 Å². The molecule has 23 heavy (non-hydrogen) atoms. The molecule has 2 rings (SSSR count). The molecule has 1 N–H and O–H groups in total. The minimum absolute atomic E-state index is 0.574. The van der Waals surface area contributed by atoms with Crippen molar-refractivity contribution >= 4 is 47.4 Å². The first-order valence-electron chi connectivity index (χ1n) is 8.23. The third-order valence-corrected chi connectivity index (χ3v) is 6.16. The van der Waals surface area contributed by atoms with E-state index < -0.39 is 8.07 Å². The third kappa shape index (κ3) is 5.46. The van der Waals surface area contributed by atoms with Gasteiger partial charge < -0.3 is 14.6 Å². The number of aromatic nitrogens is 2. The Kier molecular flexibility index (Phi) is 6.50. The van der Waals surface area contributed by atoms with Crippen LogP contribution in [0.15, 0.2) is 18.5 Å². The molecule has 2 aromatic rings. The second kappa shape index (κ2) is 7.98. The lowest BCUT2D eigenvalue weighted by Gasteiger charge is -2.15. The fourth-order valence-electron chi connectivity index (χ4n) is 2.27. The summed E-state index contributed by atoms with van der Waals surface area (Å²) in [4.78, 5) is 4.56. The maximum atomic E-state index is 5.89. The number of fused-ring (bicyclic) bond motifs is 1. The second-order valence-corrected chi connectivity index (χ2v) is 14.4. The molecule has 0 aromatic carbocycles. The van der Waals surface area contributed by atoms with Crippen LogP contribution < -0.4 is 5.32 Å². The molecule has 0 aliphatic carbocycles. The van der Waals surface area contributed by atoms with Crippen LogP contribution in [0.5, 0.6) is 0 Å². The van der Waals surface area contributed by atoms with E-state index in [1.165, 1.54) is 15.0 Å².